The zero-order valence-corrected chi connectivity index (χ0v) is 13.9. The van der Waals surface area contributed by atoms with Gasteiger partial charge in [0.05, 0.1) is 12.5 Å². The topological polar surface area (TPSA) is 64.6 Å². The lowest BCUT2D eigenvalue weighted by molar-refractivity contribution is -0.264. The minimum Gasteiger partial charge on any atom is -0.444 e. The van der Waals surface area contributed by atoms with Crippen LogP contribution in [0.1, 0.15) is 34.6 Å². The van der Waals surface area contributed by atoms with Gasteiger partial charge in [-0.2, -0.15) is 13.2 Å². The third-order valence-corrected chi connectivity index (χ3v) is 2.77. The highest BCUT2D eigenvalue weighted by molar-refractivity contribution is 6.28. The fourth-order valence-corrected chi connectivity index (χ4v) is 1.32. The summed E-state index contributed by atoms with van der Waals surface area (Å²) in [7, 11) is 0. The maximum atomic E-state index is 12.7. The molecule has 0 aromatic heterocycles. The molecule has 22 heavy (non-hydrogen) atoms. The van der Waals surface area contributed by atoms with Crippen molar-refractivity contribution in [3.05, 3.63) is 0 Å². The molecule has 130 valence electrons. The van der Waals surface area contributed by atoms with E-state index < -0.39 is 47.8 Å². The molecular weight excluding hydrogens is 327 g/mol. The summed E-state index contributed by atoms with van der Waals surface area (Å²) in [5.74, 6) is -1.15. The van der Waals surface area contributed by atoms with Crippen molar-refractivity contribution in [2.45, 2.75) is 58.0 Å². The number of hydrogen-bond acceptors (Lipinski definition) is 4. The predicted molar refractivity (Wildman–Crippen MR) is 75.0 cm³/mol. The van der Waals surface area contributed by atoms with E-state index in [2.05, 4.69) is 5.32 Å². The average Bonchev–Trinajstić information content (AvgIpc) is 2.29. The minimum absolute atomic E-state index is 0.476. The van der Waals surface area contributed by atoms with Crippen LogP contribution in [0.15, 0.2) is 0 Å². The van der Waals surface area contributed by atoms with Crippen LogP contribution in [0.2, 0.25) is 0 Å². The van der Waals surface area contributed by atoms with Crippen LogP contribution in [0.4, 0.5) is 18.0 Å². The van der Waals surface area contributed by atoms with Crippen LogP contribution in [0.25, 0.3) is 0 Å². The quantitative estimate of drug-likeness (QED) is 0.750. The van der Waals surface area contributed by atoms with E-state index in [1.807, 2.05) is 0 Å². The van der Waals surface area contributed by atoms with Crippen LogP contribution >= 0.6 is 11.6 Å². The van der Waals surface area contributed by atoms with Gasteiger partial charge in [-0.15, -0.1) is 11.6 Å². The molecule has 0 radical (unpaired) electrons. The van der Waals surface area contributed by atoms with Crippen molar-refractivity contribution in [1.82, 2.24) is 5.32 Å². The van der Waals surface area contributed by atoms with Crippen molar-refractivity contribution in [1.29, 1.82) is 0 Å². The predicted octanol–water partition coefficient (Wildman–Crippen LogP) is 3.05. The smallest absolute Gasteiger partial charge is 0.416 e. The fourth-order valence-electron chi connectivity index (χ4n) is 1.13. The maximum absolute atomic E-state index is 12.7. The van der Waals surface area contributed by atoms with Gasteiger partial charge in [-0.3, -0.25) is 4.79 Å². The highest BCUT2D eigenvalue weighted by Crippen LogP contribution is 2.32. The molecule has 0 spiro atoms. The molecule has 0 aromatic carbocycles. The van der Waals surface area contributed by atoms with E-state index in [0.717, 1.165) is 13.8 Å². The standard InChI is InChI=1S/C13H21ClF3NO4/c1-11(2,3)22-10(20)18-8(9(19)6-14)7-21-12(4,5)13(15,16)17/h8H,6-7H2,1-5H3,(H,18,20)/t8-/m0/s1. The summed E-state index contributed by atoms with van der Waals surface area (Å²) in [5.41, 5.74) is -3.28. The van der Waals surface area contributed by atoms with E-state index in [1.54, 1.807) is 20.8 Å². The van der Waals surface area contributed by atoms with Crippen LogP contribution in [-0.2, 0) is 14.3 Å². The first kappa shape index (κ1) is 21.0. The van der Waals surface area contributed by atoms with E-state index in [9.17, 15) is 22.8 Å². The van der Waals surface area contributed by atoms with Gasteiger partial charge >= 0.3 is 12.3 Å². The summed E-state index contributed by atoms with van der Waals surface area (Å²) in [5, 5.41) is 2.16. The van der Waals surface area contributed by atoms with Crippen molar-refractivity contribution in [3.63, 3.8) is 0 Å². The van der Waals surface area contributed by atoms with E-state index >= 15 is 0 Å². The summed E-state index contributed by atoms with van der Waals surface area (Å²) in [6, 6.07) is -1.33. The molecular formula is C13H21ClF3NO4. The normalized spacial score (nSPS) is 14.4. The summed E-state index contributed by atoms with van der Waals surface area (Å²) in [6.07, 6.45) is -5.56. The lowest BCUT2D eigenvalue weighted by Gasteiger charge is -2.30. The Kier molecular flexibility index (Phi) is 7.15. The Morgan fingerprint density at radius 2 is 1.64 bits per heavy atom. The number of ether oxygens (including phenoxy) is 2. The van der Waals surface area contributed by atoms with Crippen LogP contribution < -0.4 is 5.32 Å². The molecule has 0 aromatic rings. The van der Waals surface area contributed by atoms with Crippen molar-refractivity contribution in [3.8, 4) is 0 Å². The van der Waals surface area contributed by atoms with E-state index in [-0.39, 0.29) is 0 Å². The SMILES string of the molecule is CC(C)(C)OC(=O)N[C@@H](COC(C)(C)C(F)(F)F)C(=O)CCl. The molecule has 0 unspecified atom stereocenters. The zero-order chi connectivity index (χ0) is 17.8. The second-order valence-electron chi connectivity index (χ2n) is 6.12. The lowest BCUT2D eigenvalue weighted by atomic mass is 10.1. The molecule has 1 atom stereocenters. The molecule has 0 bridgehead atoms. The first-order valence-corrected chi connectivity index (χ1v) is 7.02. The first-order valence-electron chi connectivity index (χ1n) is 6.48. The molecule has 1 N–H and O–H groups in total. The summed E-state index contributed by atoms with van der Waals surface area (Å²) in [6.45, 7) is 5.79. The largest absolute Gasteiger partial charge is 0.444 e. The van der Waals surface area contributed by atoms with Gasteiger partial charge in [0, 0.05) is 0 Å². The molecule has 0 saturated carbocycles. The minimum atomic E-state index is -4.62. The number of rotatable bonds is 6. The number of hydrogen-bond donors (Lipinski definition) is 1. The lowest BCUT2D eigenvalue weighted by Crippen LogP contribution is -2.50. The number of alkyl halides is 4. The molecule has 5 nitrogen and oxygen atoms in total. The molecule has 9 heteroatoms. The molecule has 0 heterocycles. The molecule has 0 aliphatic carbocycles. The fraction of sp³-hybridized carbons (Fsp3) is 0.846. The number of Topliss-reactive ketones (excluding diaryl/α,β-unsaturated/α-hetero) is 1. The van der Waals surface area contributed by atoms with Crippen molar-refractivity contribution >= 4 is 23.5 Å². The van der Waals surface area contributed by atoms with Crippen molar-refractivity contribution in [2.24, 2.45) is 0 Å². The summed E-state index contributed by atoms with van der Waals surface area (Å²) in [4.78, 5) is 23.2. The highest BCUT2D eigenvalue weighted by Gasteiger charge is 2.49. The highest BCUT2D eigenvalue weighted by atomic mass is 35.5. The number of alkyl carbamates (subject to hydrolysis) is 1. The van der Waals surface area contributed by atoms with Gasteiger partial charge in [0.15, 0.2) is 11.4 Å². The molecule has 1 amide bonds. The zero-order valence-electron chi connectivity index (χ0n) is 13.1. The molecule has 0 rings (SSSR count). The number of ketones is 1. The number of amides is 1. The van der Waals surface area contributed by atoms with E-state index in [0.29, 0.717) is 0 Å². The Balaban J connectivity index is 4.82. The Bertz CT molecular complexity index is 405. The Morgan fingerprint density at radius 1 is 1.14 bits per heavy atom. The summed E-state index contributed by atoms with van der Waals surface area (Å²) < 4.78 is 47.8. The Hall–Kier alpha value is -1.02. The van der Waals surface area contributed by atoms with Gasteiger partial charge in [0.25, 0.3) is 0 Å². The molecule has 0 aliphatic heterocycles. The van der Waals surface area contributed by atoms with Crippen molar-refractivity contribution < 1.29 is 32.2 Å². The Morgan fingerprint density at radius 3 is 2.00 bits per heavy atom. The van der Waals surface area contributed by atoms with E-state index in [4.69, 9.17) is 21.1 Å². The van der Waals surface area contributed by atoms with Crippen LogP contribution in [0.5, 0.6) is 0 Å². The third-order valence-electron chi connectivity index (χ3n) is 2.50. The maximum Gasteiger partial charge on any atom is 0.416 e. The number of carbonyl (C=O) groups is 2. The monoisotopic (exact) mass is 347 g/mol. The number of halogens is 4. The van der Waals surface area contributed by atoms with Crippen LogP contribution in [-0.4, -0.2) is 47.8 Å². The van der Waals surface area contributed by atoms with Gasteiger partial charge in [-0.1, -0.05) is 0 Å². The van der Waals surface area contributed by atoms with Crippen molar-refractivity contribution in [2.75, 3.05) is 12.5 Å². The average molecular weight is 348 g/mol. The second-order valence-corrected chi connectivity index (χ2v) is 6.39. The van der Waals surface area contributed by atoms with Crippen LogP contribution in [0.3, 0.4) is 0 Å². The third kappa shape index (κ3) is 7.31. The number of nitrogens with one attached hydrogen (secondary N) is 1. The first-order chi connectivity index (χ1) is 9.69. The molecule has 0 saturated heterocycles. The van der Waals surface area contributed by atoms with Gasteiger partial charge in [0.2, 0.25) is 0 Å². The second kappa shape index (κ2) is 7.50. The van der Waals surface area contributed by atoms with Gasteiger partial charge < -0.3 is 14.8 Å². The van der Waals surface area contributed by atoms with Gasteiger partial charge in [0.1, 0.15) is 11.6 Å². The molecule has 0 fully saturated rings. The molecule has 0 aliphatic rings. The summed E-state index contributed by atoms with van der Waals surface area (Å²) >= 11 is 5.38. The Labute approximate surface area is 132 Å². The van der Waals surface area contributed by atoms with Gasteiger partial charge in [-0.05, 0) is 34.6 Å². The number of carbonyl (C=O) groups excluding carboxylic acids is 2. The van der Waals surface area contributed by atoms with Crippen LogP contribution in [0, 0.1) is 0 Å². The van der Waals surface area contributed by atoms with Gasteiger partial charge in [-0.25, -0.2) is 4.79 Å². The van der Waals surface area contributed by atoms with E-state index in [1.165, 1.54) is 0 Å².